The van der Waals surface area contributed by atoms with Gasteiger partial charge in [-0.15, -0.1) is 0 Å². The van der Waals surface area contributed by atoms with E-state index < -0.39 is 0 Å². The molecule has 1 atom stereocenters. The highest BCUT2D eigenvalue weighted by Crippen LogP contribution is 2.34. The van der Waals surface area contributed by atoms with Crippen molar-refractivity contribution in [2.24, 2.45) is 5.92 Å². The number of aryl methyl sites for hydroxylation is 1. The van der Waals surface area contributed by atoms with Crippen molar-refractivity contribution in [3.8, 4) is 5.75 Å². The van der Waals surface area contributed by atoms with Gasteiger partial charge in [0.05, 0.1) is 18.7 Å². The van der Waals surface area contributed by atoms with Crippen molar-refractivity contribution in [2.45, 2.75) is 26.7 Å². The Bertz CT molecular complexity index is 668. The highest BCUT2D eigenvalue weighted by atomic mass is 16.5. The molecule has 0 aliphatic carbocycles. The molecule has 2 fully saturated rings. The molecule has 2 saturated heterocycles. The zero-order valence-corrected chi connectivity index (χ0v) is 16.0. The summed E-state index contributed by atoms with van der Waals surface area (Å²) in [7, 11) is 1.60. The predicted molar refractivity (Wildman–Crippen MR) is 102 cm³/mol. The van der Waals surface area contributed by atoms with E-state index in [-0.39, 0.29) is 24.2 Å². The Morgan fingerprint density at radius 1 is 1.23 bits per heavy atom. The third-order valence-electron chi connectivity index (χ3n) is 5.32. The molecule has 2 aliphatic rings. The zero-order chi connectivity index (χ0) is 18.7. The molecule has 0 radical (unpaired) electrons. The molecular weight excluding hydrogens is 330 g/mol. The highest BCUT2D eigenvalue weighted by molar-refractivity contribution is 6.01. The Morgan fingerprint density at radius 3 is 2.62 bits per heavy atom. The molecule has 0 aromatic heterocycles. The molecule has 0 saturated carbocycles. The van der Waals surface area contributed by atoms with Crippen molar-refractivity contribution in [3.63, 3.8) is 0 Å². The number of amides is 2. The van der Waals surface area contributed by atoms with Gasteiger partial charge in [0.1, 0.15) is 5.75 Å². The van der Waals surface area contributed by atoms with Crippen molar-refractivity contribution in [1.82, 2.24) is 9.80 Å². The number of carbonyl (C=O) groups excluding carboxylic acids is 2. The summed E-state index contributed by atoms with van der Waals surface area (Å²) >= 11 is 0. The van der Waals surface area contributed by atoms with Crippen LogP contribution < -0.4 is 9.64 Å². The van der Waals surface area contributed by atoms with Gasteiger partial charge in [-0.05, 0) is 37.6 Å². The topological polar surface area (TPSA) is 53.1 Å². The summed E-state index contributed by atoms with van der Waals surface area (Å²) in [6, 6.07) is 5.79. The number of hydrogen-bond donors (Lipinski definition) is 0. The Morgan fingerprint density at radius 2 is 1.96 bits per heavy atom. The van der Waals surface area contributed by atoms with Crippen LogP contribution in [-0.4, -0.2) is 68.0 Å². The SMILES string of the molecule is CCCN1CCN(C(=O)C2CC(=O)N(c3cc(C)ccc3OC)C2)CC1. The van der Waals surface area contributed by atoms with E-state index in [0.717, 1.165) is 50.4 Å². The third kappa shape index (κ3) is 3.85. The van der Waals surface area contributed by atoms with Gasteiger partial charge in [0.15, 0.2) is 0 Å². The molecule has 142 valence electrons. The number of rotatable bonds is 5. The molecule has 2 amide bonds. The number of piperazine rings is 1. The van der Waals surface area contributed by atoms with Crippen molar-refractivity contribution >= 4 is 17.5 Å². The Balaban J connectivity index is 1.66. The van der Waals surface area contributed by atoms with E-state index in [1.165, 1.54) is 0 Å². The lowest BCUT2D eigenvalue weighted by Crippen LogP contribution is -2.50. The van der Waals surface area contributed by atoms with Crippen LogP contribution in [0.5, 0.6) is 5.75 Å². The highest BCUT2D eigenvalue weighted by Gasteiger charge is 2.38. The smallest absolute Gasteiger partial charge is 0.228 e. The van der Waals surface area contributed by atoms with Crippen LogP contribution in [0.15, 0.2) is 18.2 Å². The summed E-state index contributed by atoms with van der Waals surface area (Å²) < 4.78 is 5.41. The zero-order valence-electron chi connectivity index (χ0n) is 16.0. The fourth-order valence-electron chi connectivity index (χ4n) is 3.88. The molecule has 0 N–H and O–H groups in total. The number of ether oxygens (including phenoxy) is 1. The van der Waals surface area contributed by atoms with Crippen LogP contribution in [0.2, 0.25) is 0 Å². The fraction of sp³-hybridized carbons (Fsp3) is 0.600. The lowest BCUT2D eigenvalue weighted by molar-refractivity contribution is -0.137. The van der Waals surface area contributed by atoms with Crippen LogP contribution in [0.4, 0.5) is 5.69 Å². The summed E-state index contributed by atoms with van der Waals surface area (Å²) in [6.45, 7) is 9.06. The average Bonchev–Trinajstić information content (AvgIpc) is 3.03. The summed E-state index contributed by atoms with van der Waals surface area (Å²) in [5, 5.41) is 0. The second kappa shape index (κ2) is 8.08. The first kappa shape index (κ1) is 18.7. The summed E-state index contributed by atoms with van der Waals surface area (Å²) in [6.07, 6.45) is 1.42. The molecule has 0 bridgehead atoms. The maximum Gasteiger partial charge on any atom is 0.228 e. The van der Waals surface area contributed by atoms with E-state index in [0.29, 0.717) is 12.3 Å². The minimum absolute atomic E-state index is 0.00290. The van der Waals surface area contributed by atoms with Gasteiger partial charge in [-0.25, -0.2) is 0 Å². The van der Waals surface area contributed by atoms with Crippen LogP contribution in [0.3, 0.4) is 0 Å². The monoisotopic (exact) mass is 359 g/mol. The second-order valence-electron chi connectivity index (χ2n) is 7.25. The molecule has 3 rings (SSSR count). The number of hydrogen-bond acceptors (Lipinski definition) is 4. The number of benzene rings is 1. The van der Waals surface area contributed by atoms with Crippen molar-refractivity contribution in [2.75, 3.05) is 51.3 Å². The van der Waals surface area contributed by atoms with Gasteiger partial charge in [0.25, 0.3) is 0 Å². The molecule has 1 unspecified atom stereocenters. The van der Waals surface area contributed by atoms with Crippen molar-refractivity contribution in [1.29, 1.82) is 0 Å². The quantitative estimate of drug-likeness (QED) is 0.806. The average molecular weight is 359 g/mol. The summed E-state index contributed by atoms with van der Waals surface area (Å²) in [5.74, 6) is 0.524. The minimum atomic E-state index is -0.259. The van der Waals surface area contributed by atoms with E-state index in [1.54, 1.807) is 12.0 Å². The molecule has 2 aliphatic heterocycles. The van der Waals surface area contributed by atoms with Gasteiger partial charge >= 0.3 is 0 Å². The van der Waals surface area contributed by atoms with Crippen molar-refractivity contribution < 1.29 is 14.3 Å². The molecular formula is C20H29N3O3. The van der Waals surface area contributed by atoms with Crippen LogP contribution in [0, 0.1) is 12.8 Å². The van der Waals surface area contributed by atoms with E-state index in [1.807, 2.05) is 30.0 Å². The van der Waals surface area contributed by atoms with Gasteiger partial charge < -0.3 is 14.5 Å². The fourth-order valence-corrected chi connectivity index (χ4v) is 3.88. The lowest BCUT2D eigenvalue weighted by Gasteiger charge is -2.35. The molecule has 1 aromatic rings. The number of anilines is 1. The molecule has 6 heteroatoms. The molecule has 2 heterocycles. The van der Waals surface area contributed by atoms with Gasteiger partial charge in [-0.1, -0.05) is 13.0 Å². The van der Waals surface area contributed by atoms with E-state index in [4.69, 9.17) is 4.74 Å². The molecule has 6 nitrogen and oxygen atoms in total. The first-order valence-corrected chi connectivity index (χ1v) is 9.49. The lowest BCUT2D eigenvalue weighted by atomic mass is 10.1. The number of nitrogens with zero attached hydrogens (tertiary/aromatic N) is 3. The molecule has 0 spiro atoms. The number of methoxy groups -OCH3 is 1. The Labute approximate surface area is 155 Å². The van der Waals surface area contributed by atoms with E-state index in [9.17, 15) is 9.59 Å². The van der Waals surface area contributed by atoms with Gasteiger partial charge in [-0.3, -0.25) is 14.5 Å². The number of carbonyl (C=O) groups is 2. The second-order valence-corrected chi connectivity index (χ2v) is 7.25. The third-order valence-corrected chi connectivity index (χ3v) is 5.32. The van der Waals surface area contributed by atoms with Gasteiger partial charge in [0.2, 0.25) is 11.8 Å². The van der Waals surface area contributed by atoms with Crippen LogP contribution >= 0.6 is 0 Å². The normalized spacial score (nSPS) is 21.3. The van der Waals surface area contributed by atoms with Gasteiger partial charge in [-0.2, -0.15) is 0 Å². The first-order valence-electron chi connectivity index (χ1n) is 9.49. The molecule has 26 heavy (non-hydrogen) atoms. The van der Waals surface area contributed by atoms with Crippen LogP contribution in [0.25, 0.3) is 0 Å². The van der Waals surface area contributed by atoms with Crippen molar-refractivity contribution in [3.05, 3.63) is 23.8 Å². The van der Waals surface area contributed by atoms with E-state index in [2.05, 4.69) is 11.8 Å². The first-order chi connectivity index (χ1) is 12.5. The Hall–Kier alpha value is -2.08. The van der Waals surface area contributed by atoms with Crippen LogP contribution in [0.1, 0.15) is 25.3 Å². The Kier molecular flexibility index (Phi) is 5.81. The maximum atomic E-state index is 12.9. The maximum absolute atomic E-state index is 12.9. The van der Waals surface area contributed by atoms with Gasteiger partial charge in [0, 0.05) is 39.1 Å². The van der Waals surface area contributed by atoms with Crippen LogP contribution in [-0.2, 0) is 9.59 Å². The summed E-state index contributed by atoms with van der Waals surface area (Å²) in [5.41, 5.74) is 1.83. The minimum Gasteiger partial charge on any atom is -0.495 e. The summed E-state index contributed by atoms with van der Waals surface area (Å²) in [4.78, 5) is 31.5. The predicted octanol–water partition coefficient (Wildman–Crippen LogP) is 1.91. The standard InChI is InChI=1S/C20H29N3O3/c1-4-7-21-8-10-22(11-9-21)20(25)16-13-19(24)23(14-16)17-12-15(2)5-6-18(17)26-3/h5-6,12,16H,4,7-11,13-14H2,1-3H3. The largest absolute Gasteiger partial charge is 0.495 e. The van der Waals surface area contributed by atoms with E-state index >= 15 is 0 Å². The molecule has 1 aromatic carbocycles.